The lowest BCUT2D eigenvalue weighted by Crippen LogP contribution is -2.20. The molecule has 0 aromatic heterocycles. The van der Waals surface area contributed by atoms with Crippen LogP contribution < -0.4 is 10.1 Å². The molecule has 0 amide bonds. The number of nitrogens with one attached hydrogen (secondary N) is 1. The summed E-state index contributed by atoms with van der Waals surface area (Å²) in [5, 5.41) is 3.51. The van der Waals surface area contributed by atoms with E-state index in [1.54, 1.807) is 7.11 Å². The van der Waals surface area contributed by atoms with Gasteiger partial charge in [-0.25, -0.2) is 0 Å². The van der Waals surface area contributed by atoms with Crippen molar-refractivity contribution in [1.82, 2.24) is 5.32 Å². The third-order valence-electron chi connectivity index (χ3n) is 2.91. The van der Waals surface area contributed by atoms with Crippen molar-refractivity contribution in [1.29, 1.82) is 0 Å². The second kappa shape index (κ2) is 6.55. The molecule has 1 atom stereocenters. The van der Waals surface area contributed by atoms with Gasteiger partial charge >= 0.3 is 0 Å². The molecular formula is C14H20BrNO2. The van der Waals surface area contributed by atoms with Crippen LogP contribution in [-0.2, 0) is 11.3 Å². The van der Waals surface area contributed by atoms with Gasteiger partial charge in [-0.05, 0) is 38.0 Å². The predicted molar refractivity (Wildman–Crippen MR) is 76.0 cm³/mol. The Labute approximate surface area is 117 Å². The summed E-state index contributed by atoms with van der Waals surface area (Å²) < 4.78 is 12.1. The van der Waals surface area contributed by atoms with Crippen molar-refractivity contribution >= 4 is 15.9 Å². The summed E-state index contributed by atoms with van der Waals surface area (Å²) in [6.45, 7) is 3.48. The molecule has 0 saturated heterocycles. The van der Waals surface area contributed by atoms with Gasteiger partial charge in [0.1, 0.15) is 11.9 Å². The molecule has 1 aliphatic rings. The van der Waals surface area contributed by atoms with Gasteiger partial charge in [0.05, 0.1) is 6.61 Å². The first kappa shape index (κ1) is 13.8. The van der Waals surface area contributed by atoms with Crippen LogP contribution in [0.15, 0.2) is 22.7 Å². The Kier molecular flexibility index (Phi) is 5.03. The van der Waals surface area contributed by atoms with Crippen LogP contribution >= 0.6 is 15.9 Å². The zero-order chi connectivity index (χ0) is 13.0. The second-order valence-corrected chi connectivity index (χ2v) is 5.71. The second-order valence-electron chi connectivity index (χ2n) is 4.79. The molecule has 0 bridgehead atoms. The average Bonchev–Trinajstić information content (AvgIpc) is 3.14. The van der Waals surface area contributed by atoms with Crippen molar-refractivity contribution in [2.45, 2.75) is 38.5 Å². The summed E-state index contributed by atoms with van der Waals surface area (Å²) in [7, 11) is 1.69. The summed E-state index contributed by atoms with van der Waals surface area (Å²) in [5.41, 5.74) is 1.19. The number of ether oxygens (including phenoxy) is 2. The molecule has 0 heterocycles. The van der Waals surface area contributed by atoms with Crippen molar-refractivity contribution in [3.05, 3.63) is 28.2 Å². The van der Waals surface area contributed by atoms with Crippen LogP contribution in [0.25, 0.3) is 0 Å². The Bertz CT molecular complexity index is 393. The van der Waals surface area contributed by atoms with Gasteiger partial charge in [0.15, 0.2) is 0 Å². The summed E-state index contributed by atoms with van der Waals surface area (Å²) in [5.74, 6) is 0.941. The maximum absolute atomic E-state index is 5.91. The SMILES string of the molecule is COCC(C)Oc1ccc(Br)cc1CNC1CC1. The van der Waals surface area contributed by atoms with Gasteiger partial charge in [0.2, 0.25) is 0 Å². The molecule has 2 rings (SSSR count). The fraction of sp³-hybridized carbons (Fsp3) is 0.571. The first-order valence-corrected chi connectivity index (χ1v) is 7.15. The van der Waals surface area contributed by atoms with Crippen LogP contribution in [0.2, 0.25) is 0 Å². The van der Waals surface area contributed by atoms with Crippen LogP contribution in [0, 0.1) is 0 Å². The van der Waals surface area contributed by atoms with Gasteiger partial charge in [0, 0.05) is 29.7 Å². The summed E-state index contributed by atoms with van der Waals surface area (Å²) in [6, 6.07) is 6.84. The Morgan fingerprint density at radius 3 is 2.89 bits per heavy atom. The molecule has 0 aliphatic heterocycles. The van der Waals surface area contributed by atoms with Crippen molar-refractivity contribution in [3.8, 4) is 5.75 Å². The fourth-order valence-electron chi connectivity index (χ4n) is 1.83. The minimum Gasteiger partial charge on any atom is -0.488 e. The highest BCUT2D eigenvalue weighted by Gasteiger charge is 2.20. The number of halogens is 1. The van der Waals surface area contributed by atoms with Crippen molar-refractivity contribution in [3.63, 3.8) is 0 Å². The standard InChI is InChI=1S/C14H20BrNO2/c1-10(9-17-2)18-14-6-3-12(15)7-11(14)8-16-13-4-5-13/h3,6-7,10,13,16H,4-5,8-9H2,1-2H3. The first-order chi connectivity index (χ1) is 8.69. The normalized spacial score (nSPS) is 16.6. The number of hydrogen-bond donors (Lipinski definition) is 1. The van der Waals surface area contributed by atoms with E-state index < -0.39 is 0 Å². The van der Waals surface area contributed by atoms with Crippen LogP contribution in [-0.4, -0.2) is 25.9 Å². The Balaban J connectivity index is 2.01. The van der Waals surface area contributed by atoms with Gasteiger partial charge in [-0.15, -0.1) is 0 Å². The minimum absolute atomic E-state index is 0.0656. The van der Waals surface area contributed by atoms with E-state index in [4.69, 9.17) is 9.47 Å². The van der Waals surface area contributed by atoms with E-state index >= 15 is 0 Å². The highest BCUT2D eigenvalue weighted by atomic mass is 79.9. The third-order valence-corrected chi connectivity index (χ3v) is 3.40. The van der Waals surface area contributed by atoms with E-state index in [1.807, 2.05) is 19.1 Å². The lowest BCUT2D eigenvalue weighted by Gasteiger charge is -2.17. The topological polar surface area (TPSA) is 30.5 Å². The Morgan fingerprint density at radius 2 is 2.22 bits per heavy atom. The van der Waals surface area contributed by atoms with Crippen molar-refractivity contribution in [2.24, 2.45) is 0 Å². The Morgan fingerprint density at radius 1 is 1.44 bits per heavy atom. The predicted octanol–water partition coefficient (Wildman–Crippen LogP) is 3.11. The molecular weight excluding hydrogens is 294 g/mol. The average molecular weight is 314 g/mol. The highest BCUT2D eigenvalue weighted by Crippen LogP contribution is 2.26. The molecule has 1 saturated carbocycles. The van der Waals surface area contributed by atoms with Crippen LogP contribution in [0.5, 0.6) is 5.75 Å². The van der Waals surface area contributed by atoms with Gasteiger partial charge in [0.25, 0.3) is 0 Å². The van der Waals surface area contributed by atoms with Crippen LogP contribution in [0.3, 0.4) is 0 Å². The summed E-state index contributed by atoms with van der Waals surface area (Å²) in [6.07, 6.45) is 2.66. The maximum atomic E-state index is 5.91. The fourth-order valence-corrected chi connectivity index (χ4v) is 2.24. The van der Waals surface area contributed by atoms with Crippen molar-refractivity contribution < 1.29 is 9.47 Å². The number of rotatable bonds is 7. The van der Waals surface area contributed by atoms with Crippen molar-refractivity contribution in [2.75, 3.05) is 13.7 Å². The van der Waals surface area contributed by atoms with E-state index in [-0.39, 0.29) is 6.10 Å². The maximum Gasteiger partial charge on any atom is 0.124 e. The molecule has 0 spiro atoms. The van der Waals surface area contributed by atoms with Gasteiger partial charge in [-0.2, -0.15) is 0 Å². The molecule has 4 heteroatoms. The molecule has 0 radical (unpaired) electrons. The Hall–Kier alpha value is -0.580. The molecule has 1 unspecified atom stereocenters. The lowest BCUT2D eigenvalue weighted by molar-refractivity contribution is 0.0913. The molecule has 100 valence electrons. The summed E-state index contributed by atoms with van der Waals surface area (Å²) in [4.78, 5) is 0. The molecule has 1 aliphatic carbocycles. The number of methoxy groups -OCH3 is 1. The van der Waals surface area contributed by atoms with E-state index in [2.05, 4.69) is 27.3 Å². The van der Waals surface area contributed by atoms with E-state index in [0.717, 1.165) is 16.8 Å². The van der Waals surface area contributed by atoms with Gasteiger partial charge in [-0.1, -0.05) is 15.9 Å². The highest BCUT2D eigenvalue weighted by molar-refractivity contribution is 9.10. The lowest BCUT2D eigenvalue weighted by atomic mass is 10.2. The zero-order valence-corrected chi connectivity index (χ0v) is 12.5. The monoisotopic (exact) mass is 313 g/mol. The quantitative estimate of drug-likeness (QED) is 0.839. The van der Waals surface area contributed by atoms with Crippen LogP contribution in [0.1, 0.15) is 25.3 Å². The molecule has 3 nitrogen and oxygen atoms in total. The smallest absolute Gasteiger partial charge is 0.124 e. The molecule has 1 aromatic carbocycles. The number of hydrogen-bond acceptors (Lipinski definition) is 3. The molecule has 1 N–H and O–H groups in total. The molecule has 1 fully saturated rings. The van der Waals surface area contributed by atoms with E-state index in [0.29, 0.717) is 12.6 Å². The van der Waals surface area contributed by atoms with E-state index in [9.17, 15) is 0 Å². The minimum atomic E-state index is 0.0656. The van der Waals surface area contributed by atoms with Crippen LogP contribution in [0.4, 0.5) is 0 Å². The zero-order valence-electron chi connectivity index (χ0n) is 10.9. The van der Waals surface area contributed by atoms with Gasteiger partial charge in [-0.3, -0.25) is 0 Å². The summed E-state index contributed by atoms with van der Waals surface area (Å²) >= 11 is 3.51. The van der Waals surface area contributed by atoms with E-state index in [1.165, 1.54) is 18.4 Å². The van der Waals surface area contributed by atoms with Gasteiger partial charge < -0.3 is 14.8 Å². The number of benzene rings is 1. The largest absolute Gasteiger partial charge is 0.488 e. The molecule has 18 heavy (non-hydrogen) atoms. The first-order valence-electron chi connectivity index (χ1n) is 6.36. The molecule has 1 aromatic rings. The third kappa shape index (κ3) is 4.26.